The van der Waals surface area contributed by atoms with Gasteiger partial charge in [0.2, 0.25) is 5.91 Å². The third-order valence-corrected chi connectivity index (χ3v) is 3.26. The Balaban J connectivity index is 1.91. The summed E-state index contributed by atoms with van der Waals surface area (Å²) in [5.74, 6) is -0.401. The van der Waals surface area contributed by atoms with E-state index in [2.05, 4.69) is 4.74 Å². The van der Waals surface area contributed by atoms with Gasteiger partial charge in [-0.15, -0.1) is 0 Å². The Morgan fingerprint density at radius 1 is 1.04 bits per heavy atom. The van der Waals surface area contributed by atoms with E-state index in [0.29, 0.717) is 12.1 Å². The average Bonchev–Trinajstić information content (AvgIpc) is 2.51. The Bertz CT molecular complexity index is 642. The Kier molecular flexibility index (Phi) is 5.62. The van der Waals surface area contributed by atoms with Crippen LogP contribution in [0.3, 0.4) is 0 Å². The van der Waals surface area contributed by atoms with Crippen LogP contribution < -0.4 is 4.74 Å². The average molecular weight is 323 g/mol. The summed E-state index contributed by atoms with van der Waals surface area (Å²) >= 11 is 0. The highest BCUT2D eigenvalue weighted by Gasteiger charge is 2.11. The molecule has 1 amide bonds. The number of halogens is 3. The molecule has 2 aromatic carbocycles. The normalized spacial score (nSPS) is 10.7. The second-order valence-electron chi connectivity index (χ2n) is 5.08. The molecule has 6 heteroatoms. The number of likely N-dealkylation sites (N-methyl/N-ethyl adjacent to an activating group) is 1. The molecule has 0 spiro atoms. The van der Waals surface area contributed by atoms with Gasteiger partial charge in [-0.05, 0) is 35.4 Å². The van der Waals surface area contributed by atoms with Crippen molar-refractivity contribution in [3.8, 4) is 5.75 Å². The molecule has 0 unspecified atom stereocenters. The molecule has 0 radical (unpaired) electrons. The van der Waals surface area contributed by atoms with Gasteiger partial charge in [-0.2, -0.15) is 8.78 Å². The van der Waals surface area contributed by atoms with Crippen LogP contribution in [0.2, 0.25) is 0 Å². The van der Waals surface area contributed by atoms with Gasteiger partial charge in [0.15, 0.2) is 0 Å². The zero-order valence-corrected chi connectivity index (χ0v) is 12.5. The van der Waals surface area contributed by atoms with Crippen molar-refractivity contribution in [1.82, 2.24) is 4.90 Å². The van der Waals surface area contributed by atoms with E-state index in [0.717, 1.165) is 5.56 Å². The lowest BCUT2D eigenvalue weighted by molar-refractivity contribution is -0.129. The van der Waals surface area contributed by atoms with Crippen molar-refractivity contribution < 1.29 is 22.7 Å². The fourth-order valence-corrected chi connectivity index (χ4v) is 2.05. The first-order valence-corrected chi connectivity index (χ1v) is 6.96. The lowest BCUT2D eigenvalue weighted by Gasteiger charge is -2.17. The predicted molar refractivity (Wildman–Crippen MR) is 79.7 cm³/mol. The smallest absolute Gasteiger partial charge is 0.387 e. The van der Waals surface area contributed by atoms with Gasteiger partial charge in [-0.3, -0.25) is 4.79 Å². The number of nitrogens with zero attached hydrogens (tertiary/aromatic N) is 1. The molecule has 0 bridgehead atoms. The monoisotopic (exact) mass is 323 g/mol. The molecule has 0 aliphatic carbocycles. The molecule has 2 aromatic rings. The maximum Gasteiger partial charge on any atom is 0.387 e. The number of benzene rings is 2. The number of carbonyl (C=O) groups is 1. The maximum atomic E-state index is 12.8. The van der Waals surface area contributed by atoms with Crippen molar-refractivity contribution in [2.75, 3.05) is 7.05 Å². The van der Waals surface area contributed by atoms with Crippen LogP contribution >= 0.6 is 0 Å². The van der Waals surface area contributed by atoms with E-state index in [1.54, 1.807) is 31.3 Å². The van der Waals surface area contributed by atoms with Crippen LogP contribution in [-0.4, -0.2) is 24.5 Å². The van der Waals surface area contributed by atoms with Gasteiger partial charge in [0, 0.05) is 13.6 Å². The highest BCUT2D eigenvalue weighted by molar-refractivity contribution is 5.78. The number of carbonyl (C=O) groups excluding carboxylic acids is 1. The molecule has 0 aliphatic heterocycles. The van der Waals surface area contributed by atoms with Crippen molar-refractivity contribution in [2.45, 2.75) is 19.6 Å². The first-order valence-electron chi connectivity index (χ1n) is 6.96. The molecule has 2 rings (SSSR count). The summed E-state index contributed by atoms with van der Waals surface area (Å²) in [5, 5.41) is 0. The maximum absolute atomic E-state index is 12.8. The Labute approximate surface area is 132 Å². The molecule has 0 aliphatic rings. The molecule has 0 saturated carbocycles. The first kappa shape index (κ1) is 16.9. The lowest BCUT2D eigenvalue weighted by atomic mass is 10.1. The summed E-state index contributed by atoms with van der Waals surface area (Å²) in [6.07, 6.45) is 0.145. The van der Waals surface area contributed by atoms with Crippen LogP contribution in [0.15, 0.2) is 48.5 Å². The number of hydrogen-bond donors (Lipinski definition) is 0. The molecule has 0 N–H and O–H groups in total. The predicted octanol–water partition coefficient (Wildman–Crippen LogP) is 3.63. The number of ether oxygens (including phenoxy) is 1. The molecular weight excluding hydrogens is 307 g/mol. The Morgan fingerprint density at radius 2 is 1.61 bits per heavy atom. The molecule has 0 heterocycles. The summed E-state index contributed by atoms with van der Waals surface area (Å²) in [7, 11) is 1.65. The van der Waals surface area contributed by atoms with E-state index in [4.69, 9.17) is 0 Å². The third-order valence-electron chi connectivity index (χ3n) is 3.26. The standard InChI is InChI=1S/C17H16F3NO2/c1-21(11-13-2-6-14(18)7-3-13)16(22)10-12-4-8-15(9-5-12)23-17(19)20/h2-9,17H,10-11H2,1H3. The third kappa shape index (κ3) is 5.32. The molecule has 23 heavy (non-hydrogen) atoms. The minimum absolute atomic E-state index is 0.0517. The van der Waals surface area contributed by atoms with Crippen LogP contribution in [-0.2, 0) is 17.8 Å². The van der Waals surface area contributed by atoms with E-state index in [1.807, 2.05) is 0 Å². The molecular formula is C17H16F3NO2. The quantitative estimate of drug-likeness (QED) is 0.812. The number of amides is 1. The van der Waals surface area contributed by atoms with E-state index < -0.39 is 6.61 Å². The highest BCUT2D eigenvalue weighted by atomic mass is 19.3. The first-order chi connectivity index (χ1) is 10.9. The number of hydrogen-bond acceptors (Lipinski definition) is 2. The highest BCUT2D eigenvalue weighted by Crippen LogP contribution is 2.16. The topological polar surface area (TPSA) is 29.5 Å². The largest absolute Gasteiger partial charge is 0.435 e. The minimum Gasteiger partial charge on any atom is -0.435 e. The van der Waals surface area contributed by atoms with Crippen molar-refractivity contribution in [1.29, 1.82) is 0 Å². The van der Waals surface area contributed by atoms with Gasteiger partial charge in [0.25, 0.3) is 0 Å². The minimum atomic E-state index is -2.87. The lowest BCUT2D eigenvalue weighted by Crippen LogP contribution is -2.27. The molecule has 122 valence electrons. The fraction of sp³-hybridized carbons (Fsp3) is 0.235. The van der Waals surface area contributed by atoms with Crippen LogP contribution in [0, 0.1) is 5.82 Å². The zero-order chi connectivity index (χ0) is 16.8. The van der Waals surface area contributed by atoms with Crippen LogP contribution in [0.4, 0.5) is 13.2 Å². The van der Waals surface area contributed by atoms with E-state index in [-0.39, 0.29) is 23.9 Å². The van der Waals surface area contributed by atoms with Gasteiger partial charge in [0.05, 0.1) is 6.42 Å². The van der Waals surface area contributed by atoms with Crippen molar-refractivity contribution in [3.63, 3.8) is 0 Å². The van der Waals surface area contributed by atoms with Gasteiger partial charge in [-0.25, -0.2) is 4.39 Å². The Morgan fingerprint density at radius 3 is 2.17 bits per heavy atom. The van der Waals surface area contributed by atoms with Crippen molar-refractivity contribution in [3.05, 3.63) is 65.5 Å². The SMILES string of the molecule is CN(Cc1ccc(F)cc1)C(=O)Cc1ccc(OC(F)F)cc1. The van der Waals surface area contributed by atoms with Crippen LogP contribution in [0.5, 0.6) is 5.75 Å². The van der Waals surface area contributed by atoms with Gasteiger partial charge in [0.1, 0.15) is 11.6 Å². The summed E-state index contributed by atoms with van der Waals surface area (Å²) in [6, 6.07) is 11.9. The van der Waals surface area contributed by atoms with E-state index in [9.17, 15) is 18.0 Å². The molecule has 0 aromatic heterocycles. The Hall–Kier alpha value is -2.50. The van der Waals surface area contributed by atoms with Crippen LogP contribution in [0.1, 0.15) is 11.1 Å². The summed E-state index contributed by atoms with van der Waals surface area (Å²) in [6.45, 7) is -2.50. The van der Waals surface area contributed by atoms with Crippen molar-refractivity contribution >= 4 is 5.91 Å². The summed E-state index contributed by atoms with van der Waals surface area (Å²) in [5.41, 5.74) is 1.52. The molecule has 0 atom stereocenters. The van der Waals surface area contributed by atoms with E-state index >= 15 is 0 Å². The second kappa shape index (κ2) is 7.67. The molecule has 0 fully saturated rings. The van der Waals surface area contributed by atoms with Gasteiger partial charge < -0.3 is 9.64 Å². The zero-order valence-electron chi connectivity index (χ0n) is 12.5. The summed E-state index contributed by atoms with van der Waals surface area (Å²) < 4.78 is 41.2. The fourth-order valence-electron chi connectivity index (χ4n) is 2.05. The molecule has 3 nitrogen and oxygen atoms in total. The number of alkyl halides is 2. The number of rotatable bonds is 6. The van der Waals surface area contributed by atoms with E-state index in [1.165, 1.54) is 29.2 Å². The van der Waals surface area contributed by atoms with Crippen molar-refractivity contribution in [2.24, 2.45) is 0 Å². The summed E-state index contributed by atoms with van der Waals surface area (Å²) in [4.78, 5) is 13.7. The second-order valence-corrected chi connectivity index (χ2v) is 5.08. The molecule has 0 saturated heterocycles. The van der Waals surface area contributed by atoms with Gasteiger partial charge >= 0.3 is 6.61 Å². The van der Waals surface area contributed by atoms with Crippen LogP contribution in [0.25, 0.3) is 0 Å². The van der Waals surface area contributed by atoms with Gasteiger partial charge in [-0.1, -0.05) is 24.3 Å².